The number of carboxylic acids is 1. The van der Waals surface area contributed by atoms with Gasteiger partial charge in [0.05, 0.1) is 10.5 Å². The lowest BCUT2D eigenvalue weighted by Crippen LogP contribution is -2.13. The van der Waals surface area contributed by atoms with E-state index in [0.29, 0.717) is 11.4 Å². The number of carbonyl (C=O) groups is 1. The van der Waals surface area contributed by atoms with Crippen LogP contribution in [-0.4, -0.2) is 29.7 Å². The summed E-state index contributed by atoms with van der Waals surface area (Å²) in [6.07, 6.45) is 0.661. The Morgan fingerprint density at radius 1 is 1.40 bits per heavy atom. The summed E-state index contributed by atoms with van der Waals surface area (Å²) in [5, 5.41) is 17.3. The molecule has 0 radical (unpaired) electrons. The molecule has 0 aliphatic carbocycles. The van der Waals surface area contributed by atoms with Gasteiger partial charge in [-0.15, -0.1) is 10.2 Å². The quantitative estimate of drug-likeness (QED) is 0.867. The maximum Gasteiger partial charge on any atom is 0.335 e. The van der Waals surface area contributed by atoms with Gasteiger partial charge in [-0.3, -0.25) is 4.72 Å². The van der Waals surface area contributed by atoms with Crippen LogP contribution in [0.1, 0.15) is 22.3 Å². The first-order valence-electron chi connectivity index (χ1n) is 5.61. The van der Waals surface area contributed by atoms with Gasteiger partial charge in [0.1, 0.15) is 5.01 Å². The molecule has 9 heteroatoms. The molecule has 0 aliphatic heterocycles. The largest absolute Gasteiger partial charge is 0.478 e. The third-order valence-corrected chi connectivity index (χ3v) is 4.83. The SMILES string of the molecule is CCc1nnc(NS(=O)(=O)c2cccc(C(=O)O)c2)s1. The normalized spacial score (nSPS) is 11.2. The number of aromatic nitrogens is 2. The summed E-state index contributed by atoms with van der Waals surface area (Å²) in [6, 6.07) is 5.10. The van der Waals surface area contributed by atoms with Crippen molar-refractivity contribution in [2.24, 2.45) is 0 Å². The molecule has 1 aromatic heterocycles. The van der Waals surface area contributed by atoms with Crippen LogP contribution in [0.5, 0.6) is 0 Å². The van der Waals surface area contributed by atoms with Gasteiger partial charge in [-0.25, -0.2) is 13.2 Å². The van der Waals surface area contributed by atoms with E-state index in [9.17, 15) is 13.2 Å². The van der Waals surface area contributed by atoms with E-state index in [0.717, 1.165) is 17.4 Å². The summed E-state index contributed by atoms with van der Waals surface area (Å²) in [4.78, 5) is 10.7. The third-order valence-electron chi connectivity index (χ3n) is 2.38. The summed E-state index contributed by atoms with van der Waals surface area (Å²) in [5.74, 6) is -1.19. The summed E-state index contributed by atoms with van der Waals surface area (Å²) >= 11 is 1.14. The average molecular weight is 313 g/mol. The highest BCUT2D eigenvalue weighted by Gasteiger charge is 2.18. The van der Waals surface area contributed by atoms with Gasteiger partial charge in [-0.1, -0.05) is 24.3 Å². The van der Waals surface area contributed by atoms with Crippen molar-refractivity contribution in [1.29, 1.82) is 0 Å². The van der Waals surface area contributed by atoms with Crippen LogP contribution in [0.3, 0.4) is 0 Å². The summed E-state index contributed by atoms with van der Waals surface area (Å²) in [6.45, 7) is 1.88. The number of rotatable bonds is 5. The lowest BCUT2D eigenvalue weighted by Gasteiger charge is -2.05. The number of aromatic carboxylic acids is 1. The zero-order chi connectivity index (χ0) is 14.8. The van der Waals surface area contributed by atoms with E-state index in [-0.39, 0.29) is 15.6 Å². The molecule has 0 amide bonds. The Morgan fingerprint density at radius 2 is 2.15 bits per heavy atom. The van der Waals surface area contributed by atoms with Crippen molar-refractivity contribution in [2.75, 3.05) is 4.72 Å². The van der Waals surface area contributed by atoms with Crippen LogP contribution in [-0.2, 0) is 16.4 Å². The Bertz CT molecular complexity index is 740. The Morgan fingerprint density at radius 3 is 2.75 bits per heavy atom. The Hall–Kier alpha value is -2.00. The minimum absolute atomic E-state index is 0.0978. The number of anilines is 1. The molecule has 0 atom stereocenters. The summed E-state index contributed by atoms with van der Waals surface area (Å²) in [7, 11) is -3.87. The van der Waals surface area contributed by atoms with E-state index in [1.807, 2.05) is 6.92 Å². The first kappa shape index (κ1) is 14.4. The molecule has 0 spiro atoms. The molecule has 2 N–H and O–H groups in total. The van der Waals surface area contributed by atoms with Crippen LogP contribution in [0.2, 0.25) is 0 Å². The van der Waals surface area contributed by atoms with Gasteiger partial charge in [0.2, 0.25) is 5.13 Å². The van der Waals surface area contributed by atoms with Crippen molar-refractivity contribution < 1.29 is 18.3 Å². The van der Waals surface area contributed by atoms with Gasteiger partial charge in [-0.2, -0.15) is 0 Å². The lowest BCUT2D eigenvalue weighted by molar-refractivity contribution is 0.0696. The smallest absolute Gasteiger partial charge is 0.335 e. The van der Waals surface area contributed by atoms with Gasteiger partial charge in [-0.05, 0) is 24.6 Å². The number of hydrogen-bond acceptors (Lipinski definition) is 6. The number of hydrogen-bond donors (Lipinski definition) is 2. The standard InChI is InChI=1S/C11H11N3O4S2/c1-2-9-12-13-11(19-9)14-20(17,18)8-5-3-4-7(6-8)10(15)16/h3-6H,2H2,1H3,(H,13,14)(H,15,16). The molecule has 0 saturated heterocycles. The first-order chi connectivity index (χ1) is 9.42. The molecule has 2 aromatic rings. The highest BCUT2D eigenvalue weighted by molar-refractivity contribution is 7.93. The fourth-order valence-corrected chi connectivity index (χ4v) is 3.36. The highest BCUT2D eigenvalue weighted by atomic mass is 32.2. The van der Waals surface area contributed by atoms with Crippen LogP contribution in [0.25, 0.3) is 0 Å². The fraction of sp³-hybridized carbons (Fsp3) is 0.182. The van der Waals surface area contributed by atoms with Crippen LogP contribution in [0.15, 0.2) is 29.2 Å². The lowest BCUT2D eigenvalue weighted by atomic mass is 10.2. The second kappa shape index (κ2) is 5.55. The van der Waals surface area contributed by atoms with Crippen molar-refractivity contribution in [1.82, 2.24) is 10.2 Å². The van der Waals surface area contributed by atoms with Crippen molar-refractivity contribution in [3.8, 4) is 0 Å². The van der Waals surface area contributed by atoms with Crippen LogP contribution >= 0.6 is 11.3 Å². The molecule has 106 valence electrons. The molecule has 0 bridgehead atoms. The number of aryl methyl sites for hydroxylation is 1. The summed E-state index contributed by atoms with van der Waals surface area (Å²) in [5.41, 5.74) is -0.0978. The van der Waals surface area contributed by atoms with E-state index in [1.54, 1.807) is 0 Å². The average Bonchev–Trinajstić information content (AvgIpc) is 2.86. The Kier molecular flexibility index (Phi) is 4.00. The van der Waals surface area contributed by atoms with E-state index < -0.39 is 16.0 Å². The zero-order valence-electron chi connectivity index (χ0n) is 10.4. The molecule has 20 heavy (non-hydrogen) atoms. The van der Waals surface area contributed by atoms with Crippen molar-refractivity contribution >= 4 is 32.5 Å². The number of sulfonamides is 1. The number of carboxylic acid groups (broad SMARTS) is 1. The van der Waals surface area contributed by atoms with E-state index in [1.165, 1.54) is 18.2 Å². The van der Waals surface area contributed by atoms with Gasteiger partial charge < -0.3 is 5.11 Å². The highest BCUT2D eigenvalue weighted by Crippen LogP contribution is 2.20. The van der Waals surface area contributed by atoms with Crippen molar-refractivity contribution in [2.45, 2.75) is 18.2 Å². The molecule has 0 saturated carbocycles. The maximum atomic E-state index is 12.1. The van der Waals surface area contributed by atoms with Gasteiger partial charge in [0, 0.05) is 0 Å². The molecule has 0 fully saturated rings. The van der Waals surface area contributed by atoms with Crippen molar-refractivity contribution in [3.05, 3.63) is 34.8 Å². The molecular weight excluding hydrogens is 302 g/mol. The van der Waals surface area contributed by atoms with Gasteiger partial charge in [0.25, 0.3) is 10.0 Å². The van der Waals surface area contributed by atoms with E-state index in [4.69, 9.17) is 5.11 Å². The van der Waals surface area contributed by atoms with Gasteiger partial charge in [0.15, 0.2) is 0 Å². The van der Waals surface area contributed by atoms with E-state index in [2.05, 4.69) is 14.9 Å². The second-order valence-corrected chi connectivity index (χ2v) is 6.54. The summed E-state index contributed by atoms with van der Waals surface area (Å²) < 4.78 is 26.5. The molecule has 1 aromatic carbocycles. The molecule has 0 aliphatic rings. The monoisotopic (exact) mass is 313 g/mol. The molecule has 7 nitrogen and oxygen atoms in total. The minimum atomic E-state index is -3.87. The van der Waals surface area contributed by atoms with Gasteiger partial charge >= 0.3 is 5.97 Å². The topological polar surface area (TPSA) is 109 Å². The minimum Gasteiger partial charge on any atom is -0.478 e. The third kappa shape index (κ3) is 3.11. The van der Waals surface area contributed by atoms with E-state index >= 15 is 0 Å². The van der Waals surface area contributed by atoms with Crippen molar-refractivity contribution in [3.63, 3.8) is 0 Å². The number of benzene rings is 1. The predicted molar refractivity (Wildman–Crippen MR) is 73.5 cm³/mol. The Balaban J connectivity index is 2.30. The molecule has 2 rings (SSSR count). The number of nitrogens with one attached hydrogen (secondary N) is 1. The number of nitrogens with zero attached hydrogens (tertiary/aromatic N) is 2. The molecular formula is C11H11N3O4S2. The van der Waals surface area contributed by atoms with Crippen LogP contribution in [0, 0.1) is 0 Å². The second-order valence-electron chi connectivity index (χ2n) is 3.79. The van der Waals surface area contributed by atoms with Crippen LogP contribution < -0.4 is 4.72 Å². The van der Waals surface area contributed by atoms with Crippen LogP contribution in [0.4, 0.5) is 5.13 Å². The maximum absolute atomic E-state index is 12.1. The Labute approximate surface area is 119 Å². The molecule has 0 unspecified atom stereocenters. The zero-order valence-corrected chi connectivity index (χ0v) is 12.0. The fourth-order valence-electron chi connectivity index (χ4n) is 1.41. The predicted octanol–water partition coefficient (Wildman–Crippen LogP) is 1.60. The molecule has 1 heterocycles. The first-order valence-corrected chi connectivity index (χ1v) is 7.91.